The fraction of sp³-hybridized carbons (Fsp3) is 0.0833. The van der Waals surface area contributed by atoms with Crippen molar-refractivity contribution in [2.24, 2.45) is 5.92 Å². The van der Waals surface area contributed by atoms with Gasteiger partial charge in [-0.15, -0.1) is 0 Å². The second-order valence-electron chi connectivity index (χ2n) is 6.56. The van der Waals surface area contributed by atoms with E-state index in [1.165, 1.54) is 33.4 Å². The van der Waals surface area contributed by atoms with Crippen LogP contribution >= 0.6 is 0 Å². The minimum absolute atomic E-state index is 0.352. The molecule has 0 heteroatoms. The summed E-state index contributed by atoms with van der Waals surface area (Å²) in [7, 11) is 0. The summed E-state index contributed by atoms with van der Waals surface area (Å²) in [4.78, 5) is 0. The van der Waals surface area contributed by atoms with Gasteiger partial charge in [0, 0.05) is 11.8 Å². The first kappa shape index (κ1) is 13.6. The van der Waals surface area contributed by atoms with Gasteiger partial charge in [-0.3, -0.25) is 0 Å². The Kier molecular flexibility index (Phi) is 3.02. The summed E-state index contributed by atoms with van der Waals surface area (Å²) in [5.74, 6) is 0.752. The number of benzene rings is 2. The predicted octanol–water partition coefficient (Wildman–Crippen LogP) is 5.91. The van der Waals surface area contributed by atoms with E-state index in [1.54, 1.807) is 0 Å². The van der Waals surface area contributed by atoms with Crippen LogP contribution in [0.25, 0.3) is 11.6 Å². The van der Waals surface area contributed by atoms with Crippen LogP contribution in [0.3, 0.4) is 0 Å². The highest BCUT2D eigenvalue weighted by molar-refractivity contribution is 5.81. The Balaban J connectivity index is 1.60. The minimum Gasteiger partial charge on any atom is -0.0726 e. The normalized spacial score (nSPS) is 23.0. The molecule has 0 N–H and O–H groups in total. The molecule has 3 aliphatic rings. The van der Waals surface area contributed by atoms with Crippen molar-refractivity contribution in [3.8, 4) is 0 Å². The standard InChI is InChI=1S/C24H18/c1-3-9-19-17(7-1)13-15-23(19)21-11-5-6-12-22(21)24-16-14-18-8-2-4-10-20(18)24/h1-16,19,24H. The second kappa shape index (κ2) is 5.35. The molecule has 0 heterocycles. The van der Waals surface area contributed by atoms with E-state index in [1.807, 2.05) is 0 Å². The summed E-state index contributed by atoms with van der Waals surface area (Å²) in [6.45, 7) is 0. The summed E-state index contributed by atoms with van der Waals surface area (Å²) in [5.41, 5.74) is 8.35. The molecule has 24 heavy (non-hydrogen) atoms. The van der Waals surface area contributed by atoms with Gasteiger partial charge in [-0.2, -0.15) is 0 Å². The number of hydrogen-bond donors (Lipinski definition) is 0. The topological polar surface area (TPSA) is 0 Å². The highest BCUT2D eigenvalue weighted by Gasteiger charge is 2.27. The van der Waals surface area contributed by atoms with Crippen molar-refractivity contribution in [2.45, 2.75) is 5.92 Å². The number of allylic oxidation sites excluding steroid dienone is 9. The van der Waals surface area contributed by atoms with Gasteiger partial charge in [-0.05, 0) is 33.4 Å². The molecule has 0 saturated carbocycles. The Hall–Kier alpha value is -2.86. The lowest BCUT2D eigenvalue weighted by atomic mass is 9.82. The molecule has 0 amide bonds. The first-order valence-corrected chi connectivity index (χ1v) is 8.55. The van der Waals surface area contributed by atoms with Crippen molar-refractivity contribution >= 4 is 11.6 Å². The van der Waals surface area contributed by atoms with Crippen LogP contribution in [0.15, 0.2) is 96.6 Å². The third-order valence-electron chi connectivity index (χ3n) is 5.26. The van der Waals surface area contributed by atoms with Crippen molar-refractivity contribution < 1.29 is 0 Å². The van der Waals surface area contributed by atoms with Gasteiger partial charge in [0.15, 0.2) is 0 Å². The maximum atomic E-state index is 2.34. The quantitative estimate of drug-likeness (QED) is 0.647. The smallest absolute Gasteiger partial charge is 0.0284 e. The monoisotopic (exact) mass is 306 g/mol. The van der Waals surface area contributed by atoms with Gasteiger partial charge < -0.3 is 0 Å². The lowest BCUT2D eigenvalue weighted by molar-refractivity contribution is 1.00. The zero-order valence-electron chi connectivity index (χ0n) is 13.4. The molecule has 0 bridgehead atoms. The largest absolute Gasteiger partial charge is 0.0726 e. The molecule has 0 aromatic heterocycles. The Morgan fingerprint density at radius 2 is 1.46 bits per heavy atom. The van der Waals surface area contributed by atoms with E-state index < -0.39 is 0 Å². The first-order chi connectivity index (χ1) is 11.9. The zero-order valence-corrected chi connectivity index (χ0v) is 13.4. The van der Waals surface area contributed by atoms with Gasteiger partial charge in [-0.25, -0.2) is 0 Å². The van der Waals surface area contributed by atoms with Crippen LogP contribution in [0.4, 0.5) is 0 Å². The lowest BCUT2D eigenvalue weighted by Gasteiger charge is -2.21. The molecule has 2 atom stereocenters. The Morgan fingerprint density at radius 1 is 0.625 bits per heavy atom. The predicted molar refractivity (Wildman–Crippen MR) is 102 cm³/mol. The first-order valence-electron chi connectivity index (χ1n) is 8.55. The maximum absolute atomic E-state index is 2.34. The van der Waals surface area contributed by atoms with E-state index >= 15 is 0 Å². The van der Waals surface area contributed by atoms with Gasteiger partial charge in [0.2, 0.25) is 0 Å². The van der Waals surface area contributed by atoms with Crippen molar-refractivity contribution in [3.63, 3.8) is 0 Å². The Labute approximate surface area is 142 Å². The van der Waals surface area contributed by atoms with E-state index in [9.17, 15) is 0 Å². The number of rotatable bonds is 2. The van der Waals surface area contributed by atoms with E-state index in [4.69, 9.17) is 0 Å². The van der Waals surface area contributed by atoms with E-state index in [2.05, 4.69) is 97.1 Å². The summed E-state index contributed by atoms with van der Waals surface area (Å²) in [6, 6.07) is 17.6. The van der Waals surface area contributed by atoms with Crippen LogP contribution in [0.2, 0.25) is 0 Å². The molecule has 0 radical (unpaired) electrons. The molecule has 0 saturated heterocycles. The van der Waals surface area contributed by atoms with Crippen molar-refractivity contribution in [3.05, 3.63) is 119 Å². The fourth-order valence-corrected chi connectivity index (χ4v) is 4.10. The van der Waals surface area contributed by atoms with E-state index in [0.29, 0.717) is 11.8 Å². The molecular weight excluding hydrogens is 288 g/mol. The van der Waals surface area contributed by atoms with Crippen molar-refractivity contribution in [1.82, 2.24) is 0 Å². The van der Waals surface area contributed by atoms with Gasteiger partial charge in [0.1, 0.15) is 0 Å². The molecule has 3 aliphatic carbocycles. The molecule has 114 valence electrons. The minimum atomic E-state index is 0.352. The molecule has 0 fully saturated rings. The third-order valence-corrected chi connectivity index (χ3v) is 5.26. The summed E-state index contributed by atoms with van der Waals surface area (Å²) >= 11 is 0. The van der Waals surface area contributed by atoms with Gasteiger partial charge in [0.05, 0.1) is 0 Å². The number of fused-ring (bicyclic) bond motifs is 2. The number of hydrogen-bond acceptors (Lipinski definition) is 0. The van der Waals surface area contributed by atoms with Crippen LogP contribution in [-0.4, -0.2) is 0 Å². The van der Waals surface area contributed by atoms with Crippen LogP contribution in [0, 0.1) is 5.92 Å². The molecule has 0 spiro atoms. The van der Waals surface area contributed by atoms with Crippen LogP contribution in [0.1, 0.15) is 28.2 Å². The molecule has 2 aromatic rings. The van der Waals surface area contributed by atoms with E-state index in [-0.39, 0.29) is 0 Å². The van der Waals surface area contributed by atoms with E-state index in [0.717, 1.165) is 0 Å². The molecule has 2 aromatic carbocycles. The zero-order chi connectivity index (χ0) is 15.9. The fourth-order valence-electron chi connectivity index (χ4n) is 4.10. The summed E-state index contributed by atoms with van der Waals surface area (Å²) < 4.78 is 0. The molecule has 2 unspecified atom stereocenters. The molecule has 0 nitrogen and oxygen atoms in total. The van der Waals surface area contributed by atoms with Crippen molar-refractivity contribution in [2.75, 3.05) is 0 Å². The Morgan fingerprint density at radius 3 is 2.42 bits per heavy atom. The average molecular weight is 306 g/mol. The maximum Gasteiger partial charge on any atom is 0.0284 e. The Bertz CT molecular complexity index is 963. The third kappa shape index (κ3) is 2.00. The van der Waals surface area contributed by atoms with Gasteiger partial charge in [0.25, 0.3) is 0 Å². The summed E-state index contributed by atoms with van der Waals surface area (Å²) in [5, 5.41) is 0. The van der Waals surface area contributed by atoms with Crippen molar-refractivity contribution in [1.29, 1.82) is 0 Å². The molecular formula is C24H18. The highest BCUT2D eigenvalue weighted by Crippen LogP contribution is 2.43. The van der Waals surface area contributed by atoms with Crippen LogP contribution < -0.4 is 0 Å². The van der Waals surface area contributed by atoms with Gasteiger partial charge >= 0.3 is 0 Å². The molecule has 0 aliphatic heterocycles. The highest BCUT2D eigenvalue weighted by atomic mass is 14.3. The molecule has 5 rings (SSSR count). The summed E-state index contributed by atoms with van der Waals surface area (Å²) in [6.07, 6.45) is 18.0. The lowest BCUT2D eigenvalue weighted by Crippen LogP contribution is -2.06. The van der Waals surface area contributed by atoms with Gasteiger partial charge in [-0.1, -0.05) is 97.1 Å². The average Bonchev–Trinajstić information content (AvgIpc) is 3.26. The second-order valence-corrected chi connectivity index (χ2v) is 6.56. The van der Waals surface area contributed by atoms with Crippen LogP contribution in [0.5, 0.6) is 0 Å². The SMILES string of the molecule is C1=CC2=CC=C(c3ccccc3C3C=Cc4ccccc43)C2C=C1. The van der Waals surface area contributed by atoms with Crippen LogP contribution in [-0.2, 0) is 0 Å².